The van der Waals surface area contributed by atoms with Crippen LogP contribution in [0.5, 0.6) is 0 Å². The van der Waals surface area contributed by atoms with Crippen LogP contribution < -0.4 is 0 Å². The lowest BCUT2D eigenvalue weighted by molar-refractivity contribution is -0.267. The Morgan fingerprint density at radius 1 is 0.855 bits per heavy atom. The topological polar surface area (TPSA) is 199 Å². The second kappa shape index (κ2) is 29.4. The number of nitrogens with zero attached hydrogens (tertiary/aromatic N) is 5. The van der Waals surface area contributed by atoms with Crippen molar-refractivity contribution in [1.29, 1.82) is 0 Å². The van der Waals surface area contributed by atoms with Crippen molar-refractivity contribution in [2.45, 2.75) is 169 Å². The molecular formula is C59H92N6O11. The van der Waals surface area contributed by atoms with Gasteiger partial charge in [0.15, 0.2) is 5.78 Å². The minimum Gasteiger partial charge on any atom is -0.379 e. The number of carbonyl (C=O) groups excluding carboxylic acids is 7. The molecule has 1 unspecified atom stereocenters. The highest BCUT2D eigenvalue weighted by atomic mass is 16.7. The molecule has 1 aromatic carbocycles. The van der Waals surface area contributed by atoms with Crippen molar-refractivity contribution in [2.24, 2.45) is 41.4 Å². The number of fused-ring (bicyclic) bond motifs is 1. The molecule has 17 nitrogen and oxygen atoms in total. The van der Waals surface area contributed by atoms with Gasteiger partial charge in [-0.2, -0.15) is 5.06 Å². The van der Waals surface area contributed by atoms with Crippen LogP contribution in [-0.2, 0) is 54.3 Å². The largest absolute Gasteiger partial charge is 0.379 e. The number of aromatic amines is 1. The number of H-pyrrole nitrogens is 1. The van der Waals surface area contributed by atoms with Crippen molar-refractivity contribution in [2.75, 3.05) is 61.1 Å². The van der Waals surface area contributed by atoms with Crippen molar-refractivity contribution in [1.82, 2.24) is 29.6 Å². The van der Waals surface area contributed by atoms with Crippen molar-refractivity contribution in [3.8, 4) is 0 Å². The molecule has 5 rings (SSSR count). The Labute approximate surface area is 452 Å². The number of aliphatic hydroxyl groups is 1. The maximum atomic E-state index is 14.8. The zero-order valence-corrected chi connectivity index (χ0v) is 47.8. The van der Waals surface area contributed by atoms with Crippen LogP contribution >= 0.6 is 0 Å². The number of amides is 4. The summed E-state index contributed by atoms with van der Waals surface area (Å²) in [5.41, 5.74) is 1.99. The highest BCUT2D eigenvalue weighted by molar-refractivity contribution is 6.12. The number of ether oxygens (including phenoxy) is 2. The van der Waals surface area contributed by atoms with E-state index in [1.165, 1.54) is 12.2 Å². The molecule has 0 bridgehead atoms. The summed E-state index contributed by atoms with van der Waals surface area (Å²) in [5, 5.41) is 14.4. The average Bonchev–Trinajstić information content (AvgIpc) is 4.13. The Bertz CT molecular complexity index is 2270. The predicted molar refractivity (Wildman–Crippen MR) is 292 cm³/mol. The standard InChI is InChI=1S/C59H92N6O11/c1-13-40(7)56(62(10)59(73)46(37(2)3)33-50(68)55(38(4)5)61(9)36-39(6)30-44(66)20-18-27-64-52(69)24-25-53(64)70)51(74-11)34-54(71)63-26-19-23-48(63)57(75-12)41(8)49(67)32-42(58(72)65-28-16-17-29-76-65)31-43-35-60-47-22-15-14-21-45(43)47/h14-15,21-22,24-25,35,37-42,46,48,51,55-58,60,72H,13,16-20,23,26-34,36H2,1-12H3/t39-,40+,41+,42-,46+,48+,51-,55+,56+,57-,58?/m1/s1. The number of hydrogen-bond acceptors (Lipinski definition) is 13. The van der Waals surface area contributed by atoms with E-state index in [-0.39, 0.29) is 103 Å². The second-order valence-electron chi connectivity index (χ2n) is 22.9. The minimum absolute atomic E-state index is 0.00539. The molecule has 3 aliphatic rings. The summed E-state index contributed by atoms with van der Waals surface area (Å²) < 4.78 is 12.3. The molecule has 11 atom stereocenters. The van der Waals surface area contributed by atoms with Crippen LogP contribution in [0.1, 0.15) is 132 Å². The zero-order valence-electron chi connectivity index (χ0n) is 47.8. The normalized spacial score (nSPS) is 20.5. The molecular weight excluding hydrogens is 969 g/mol. The van der Waals surface area contributed by atoms with Gasteiger partial charge in [-0.25, -0.2) is 0 Å². The van der Waals surface area contributed by atoms with Crippen molar-refractivity contribution in [3.05, 3.63) is 48.2 Å². The molecule has 2 saturated heterocycles. The van der Waals surface area contributed by atoms with Crippen LogP contribution in [0.15, 0.2) is 42.6 Å². The molecule has 17 heteroatoms. The highest BCUT2D eigenvalue weighted by Crippen LogP contribution is 2.34. The number of para-hydroxylation sites is 1. The first-order chi connectivity index (χ1) is 36.1. The average molecular weight is 1060 g/mol. The summed E-state index contributed by atoms with van der Waals surface area (Å²) in [6.07, 6.45) is 7.48. The van der Waals surface area contributed by atoms with Crippen LogP contribution in [0.2, 0.25) is 0 Å². The SMILES string of the molecule is CC[C@H](C)[C@@H]([C@@H](CC(=O)N1CCC[C@H]1[C@H](OC)[C@@H](C)C(=O)C[C@@H](Cc1c[nH]c2ccccc12)C(O)N1CCCCO1)OC)N(C)C(=O)[C@@H](CC(=O)[C@H](C(C)C)N(C)C[C@H](C)CC(=O)CCCN1C(=O)C=CC1=O)C(C)C. The van der Waals surface area contributed by atoms with E-state index in [1.807, 2.05) is 95.8 Å². The highest BCUT2D eigenvalue weighted by Gasteiger charge is 2.44. The van der Waals surface area contributed by atoms with Crippen molar-refractivity contribution in [3.63, 3.8) is 0 Å². The van der Waals surface area contributed by atoms with E-state index in [9.17, 15) is 38.7 Å². The first kappa shape index (κ1) is 62.2. The lowest BCUT2D eigenvalue weighted by Crippen LogP contribution is -2.54. The number of Topliss-reactive ketones (excluding diaryl/α,β-unsaturated/α-hetero) is 3. The Morgan fingerprint density at radius 3 is 2.17 bits per heavy atom. The number of hydrogen-bond donors (Lipinski definition) is 2. The summed E-state index contributed by atoms with van der Waals surface area (Å²) >= 11 is 0. The van der Waals surface area contributed by atoms with Gasteiger partial charge in [-0.05, 0) is 80.9 Å². The van der Waals surface area contributed by atoms with E-state index in [2.05, 4.69) is 11.9 Å². The number of likely N-dealkylation sites (N-methyl/N-ethyl adjacent to an activating group) is 2. The van der Waals surface area contributed by atoms with E-state index >= 15 is 0 Å². The summed E-state index contributed by atoms with van der Waals surface area (Å²) in [7, 11) is 6.80. The molecule has 2 N–H and O–H groups in total. The van der Waals surface area contributed by atoms with Gasteiger partial charge < -0.3 is 29.4 Å². The molecule has 4 amide bonds. The smallest absolute Gasteiger partial charge is 0.253 e. The van der Waals surface area contributed by atoms with Gasteiger partial charge in [-0.1, -0.05) is 80.0 Å². The summed E-state index contributed by atoms with van der Waals surface area (Å²) in [4.78, 5) is 111. The van der Waals surface area contributed by atoms with Gasteiger partial charge in [0.25, 0.3) is 11.8 Å². The monoisotopic (exact) mass is 1060 g/mol. The maximum Gasteiger partial charge on any atom is 0.253 e. The van der Waals surface area contributed by atoms with E-state index in [1.54, 1.807) is 31.2 Å². The Hall–Kier alpha value is -4.65. The number of rotatable bonds is 32. The number of aliphatic hydroxyl groups excluding tert-OH is 1. The van der Waals surface area contributed by atoms with Crippen LogP contribution in [0, 0.1) is 41.4 Å². The van der Waals surface area contributed by atoms with Crippen LogP contribution in [0.3, 0.4) is 0 Å². The van der Waals surface area contributed by atoms with Gasteiger partial charge >= 0.3 is 0 Å². The molecule has 424 valence electrons. The Morgan fingerprint density at radius 2 is 1.55 bits per heavy atom. The number of ketones is 3. The van der Waals surface area contributed by atoms with Crippen molar-refractivity contribution >= 4 is 51.9 Å². The molecule has 2 fully saturated rings. The molecule has 0 spiro atoms. The lowest BCUT2D eigenvalue weighted by atomic mass is 9.83. The third-order valence-electron chi connectivity index (χ3n) is 16.6. The molecule has 0 aliphatic carbocycles. The molecule has 2 aromatic rings. The quantitative estimate of drug-likeness (QED) is 0.0708. The van der Waals surface area contributed by atoms with Gasteiger partial charge in [0.1, 0.15) is 17.8 Å². The van der Waals surface area contributed by atoms with Gasteiger partial charge in [-0.3, -0.25) is 48.2 Å². The molecule has 4 heterocycles. The first-order valence-corrected chi connectivity index (χ1v) is 28.2. The summed E-state index contributed by atoms with van der Waals surface area (Å²) in [6.45, 7) is 18.1. The minimum atomic E-state index is -1.00. The van der Waals surface area contributed by atoms with Crippen LogP contribution in [0.4, 0.5) is 0 Å². The molecule has 1 aromatic heterocycles. The number of aromatic nitrogens is 1. The van der Waals surface area contributed by atoms with Crippen LogP contribution in [0.25, 0.3) is 10.9 Å². The fourth-order valence-electron chi connectivity index (χ4n) is 12.3. The number of benzene rings is 1. The molecule has 0 radical (unpaired) electrons. The van der Waals surface area contributed by atoms with Gasteiger partial charge in [0.05, 0.1) is 43.4 Å². The number of hydroxylamine groups is 2. The molecule has 0 saturated carbocycles. The lowest BCUT2D eigenvalue weighted by Gasteiger charge is -2.41. The Balaban J connectivity index is 1.23. The summed E-state index contributed by atoms with van der Waals surface area (Å²) in [5.74, 6) is -3.26. The van der Waals surface area contributed by atoms with Crippen molar-refractivity contribution < 1.29 is 53.0 Å². The van der Waals surface area contributed by atoms with E-state index in [4.69, 9.17) is 14.3 Å². The third-order valence-corrected chi connectivity index (χ3v) is 16.6. The number of likely N-dealkylation sites (tertiary alicyclic amines) is 1. The molecule has 76 heavy (non-hydrogen) atoms. The number of nitrogens with one attached hydrogen (secondary N) is 1. The second-order valence-corrected chi connectivity index (χ2v) is 22.9. The van der Waals surface area contributed by atoms with Gasteiger partial charge in [0.2, 0.25) is 11.8 Å². The molecule has 3 aliphatic heterocycles. The number of carbonyl (C=O) groups is 7. The maximum absolute atomic E-state index is 14.8. The zero-order chi connectivity index (χ0) is 56.0. The Kier molecular flexibility index (Phi) is 24.0. The predicted octanol–water partition coefficient (Wildman–Crippen LogP) is 7.04. The number of imide groups is 1. The fourth-order valence-corrected chi connectivity index (χ4v) is 12.3. The van der Waals surface area contributed by atoms with E-state index in [0.29, 0.717) is 58.3 Å². The van der Waals surface area contributed by atoms with Crippen LogP contribution in [-0.4, -0.2) is 173 Å². The third kappa shape index (κ3) is 16.0. The number of methoxy groups -OCH3 is 2. The van der Waals surface area contributed by atoms with Gasteiger partial charge in [-0.15, -0.1) is 0 Å². The fraction of sp³-hybridized carbons (Fsp3) is 0.712. The van der Waals surface area contributed by atoms with E-state index < -0.39 is 48.3 Å². The van der Waals surface area contributed by atoms with E-state index in [0.717, 1.165) is 40.6 Å². The van der Waals surface area contributed by atoms with Gasteiger partial charge in [0, 0.05) is 120 Å². The summed E-state index contributed by atoms with van der Waals surface area (Å²) in [6, 6.07) is 6.61. The first-order valence-electron chi connectivity index (χ1n) is 28.2.